The van der Waals surface area contributed by atoms with Crippen molar-refractivity contribution in [3.63, 3.8) is 0 Å². The lowest BCUT2D eigenvalue weighted by molar-refractivity contribution is 0.111. The van der Waals surface area contributed by atoms with Gasteiger partial charge in [-0.05, 0) is 12.1 Å². The second kappa shape index (κ2) is 3.16. The second-order valence-electron chi connectivity index (χ2n) is 3.55. The van der Waals surface area contributed by atoms with Gasteiger partial charge in [-0.15, -0.1) is 0 Å². The van der Waals surface area contributed by atoms with E-state index in [9.17, 15) is 9.18 Å². The number of carbonyl (C=O) groups excluding carboxylic acids is 1. The number of hydrogen-bond acceptors (Lipinski definition) is 3. The first kappa shape index (κ1) is 9.08. The number of benzene rings is 1. The smallest absolute Gasteiger partial charge is 0.170 e. The standard InChI is InChI=1S/C11H8FN3O/c12-7-2-1-3-9-11(7)13-4-10-8(5-16)14-6-15(9)10/h1-3,5-6,13H,4H2. The highest BCUT2D eigenvalue weighted by Crippen LogP contribution is 2.30. The number of fused-ring (bicyclic) bond motifs is 3. The van der Waals surface area contributed by atoms with Crippen LogP contribution in [0.1, 0.15) is 16.2 Å². The minimum Gasteiger partial charge on any atom is -0.375 e. The summed E-state index contributed by atoms with van der Waals surface area (Å²) >= 11 is 0. The number of hydrogen-bond donors (Lipinski definition) is 1. The lowest BCUT2D eigenvalue weighted by Crippen LogP contribution is -2.16. The van der Waals surface area contributed by atoms with Crippen LogP contribution in [0.5, 0.6) is 0 Å². The van der Waals surface area contributed by atoms with Crippen LogP contribution in [0.3, 0.4) is 0 Å². The van der Waals surface area contributed by atoms with Gasteiger partial charge < -0.3 is 5.32 Å². The van der Waals surface area contributed by atoms with Crippen LogP contribution in [0.2, 0.25) is 0 Å². The maximum absolute atomic E-state index is 13.5. The molecule has 3 rings (SSSR count). The van der Waals surface area contributed by atoms with Gasteiger partial charge in [0, 0.05) is 0 Å². The average molecular weight is 217 g/mol. The molecule has 0 radical (unpaired) electrons. The summed E-state index contributed by atoms with van der Waals surface area (Å²) in [5.41, 5.74) is 2.28. The normalized spacial score (nSPS) is 12.6. The van der Waals surface area contributed by atoms with E-state index in [0.717, 1.165) is 5.69 Å². The van der Waals surface area contributed by atoms with E-state index in [1.807, 2.05) is 0 Å². The van der Waals surface area contributed by atoms with Gasteiger partial charge in [-0.3, -0.25) is 9.36 Å². The summed E-state index contributed by atoms with van der Waals surface area (Å²) in [4.78, 5) is 14.7. The predicted molar refractivity (Wildman–Crippen MR) is 56.2 cm³/mol. The molecule has 16 heavy (non-hydrogen) atoms. The zero-order valence-corrected chi connectivity index (χ0v) is 8.27. The van der Waals surface area contributed by atoms with Gasteiger partial charge in [-0.2, -0.15) is 0 Å². The molecule has 0 atom stereocenters. The van der Waals surface area contributed by atoms with Gasteiger partial charge in [0.05, 0.1) is 23.6 Å². The Hall–Kier alpha value is -2.17. The number of aromatic nitrogens is 2. The fraction of sp³-hybridized carbons (Fsp3) is 0.0909. The van der Waals surface area contributed by atoms with Gasteiger partial charge in [0.25, 0.3) is 0 Å². The molecule has 0 spiro atoms. The minimum atomic E-state index is -0.301. The highest BCUT2D eigenvalue weighted by atomic mass is 19.1. The van der Waals surface area contributed by atoms with Crippen molar-refractivity contribution in [1.82, 2.24) is 9.55 Å². The third-order valence-electron chi connectivity index (χ3n) is 2.69. The fourth-order valence-corrected chi connectivity index (χ4v) is 1.93. The third kappa shape index (κ3) is 1.08. The first-order chi connectivity index (χ1) is 7.81. The molecule has 4 nitrogen and oxygen atoms in total. The van der Waals surface area contributed by atoms with E-state index in [2.05, 4.69) is 10.3 Å². The molecule has 1 aliphatic heterocycles. The van der Waals surface area contributed by atoms with Gasteiger partial charge in [0.15, 0.2) is 6.29 Å². The van der Waals surface area contributed by atoms with Crippen LogP contribution in [0.15, 0.2) is 24.5 Å². The number of anilines is 1. The first-order valence-corrected chi connectivity index (χ1v) is 4.85. The van der Waals surface area contributed by atoms with Gasteiger partial charge in [0.2, 0.25) is 0 Å². The largest absolute Gasteiger partial charge is 0.375 e. The van der Waals surface area contributed by atoms with E-state index >= 15 is 0 Å². The Morgan fingerprint density at radius 2 is 2.38 bits per heavy atom. The number of imidazole rings is 1. The highest BCUT2D eigenvalue weighted by Gasteiger charge is 2.20. The van der Waals surface area contributed by atoms with Crippen molar-refractivity contribution >= 4 is 12.0 Å². The van der Waals surface area contributed by atoms with E-state index in [4.69, 9.17) is 0 Å². The maximum Gasteiger partial charge on any atom is 0.170 e. The van der Waals surface area contributed by atoms with Crippen molar-refractivity contribution in [2.24, 2.45) is 0 Å². The number of nitrogens with one attached hydrogen (secondary N) is 1. The molecule has 2 aromatic rings. The second-order valence-corrected chi connectivity index (χ2v) is 3.55. The van der Waals surface area contributed by atoms with Crippen LogP contribution < -0.4 is 5.32 Å². The molecule has 1 aromatic heterocycles. The van der Waals surface area contributed by atoms with Gasteiger partial charge in [0.1, 0.15) is 17.8 Å². The molecule has 0 unspecified atom stereocenters. The van der Waals surface area contributed by atoms with Crippen LogP contribution in [0.25, 0.3) is 5.69 Å². The minimum absolute atomic E-state index is 0.301. The molecular formula is C11H8FN3O. The first-order valence-electron chi connectivity index (χ1n) is 4.85. The summed E-state index contributed by atoms with van der Waals surface area (Å²) in [6.07, 6.45) is 2.25. The molecule has 1 aliphatic rings. The molecule has 0 saturated carbocycles. The van der Waals surface area contributed by atoms with E-state index < -0.39 is 0 Å². The summed E-state index contributed by atoms with van der Waals surface area (Å²) in [6.45, 7) is 0.405. The van der Waals surface area contributed by atoms with Crippen molar-refractivity contribution in [3.05, 3.63) is 41.7 Å². The molecule has 0 aliphatic carbocycles. The Bertz CT molecular complexity index is 577. The fourth-order valence-electron chi connectivity index (χ4n) is 1.93. The van der Waals surface area contributed by atoms with E-state index in [-0.39, 0.29) is 5.82 Å². The highest BCUT2D eigenvalue weighted by molar-refractivity contribution is 5.76. The lowest BCUT2D eigenvalue weighted by atomic mass is 10.2. The molecule has 0 amide bonds. The Morgan fingerprint density at radius 3 is 3.19 bits per heavy atom. The summed E-state index contributed by atoms with van der Waals surface area (Å²) in [6, 6.07) is 4.81. The number of aldehydes is 1. The Labute approximate surface area is 90.7 Å². The van der Waals surface area contributed by atoms with Crippen LogP contribution in [0, 0.1) is 5.82 Å². The molecule has 2 heterocycles. The monoisotopic (exact) mass is 217 g/mol. The zero-order chi connectivity index (χ0) is 11.1. The van der Waals surface area contributed by atoms with Gasteiger partial charge in [-0.1, -0.05) is 6.07 Å². The SMILES string of the molecule is O=Cc1ncn2c1CNc1c(F)cccc1-2. The van der Waals surface area contributed by atoms with Gasteiger partial charge >= 0.3 is 0 Å². The average Bonchev–Trinajstić information content (AvgIpc) is 2.72. The van der Waals surface area contributed by atoms with E-state index in [1.165, 1.54) is 12.4 Å². The van der Waals surface area contributed by atoms with E-state index in [0.29, 0.717) is 29.9 Å². The van der Waals surface area contributed by atoms with Crippen molar-refractivity contribution in [2.45, 2.75) is 6.54 Å². The number of rotatable bonds is 1. The van der Waals surface area contributed by atoms with Crippen LogP contribution in [0.4, 0.5) is 10.1 Å². The predicted octanol–water partition coefficient (Wildman–Crippen LogP) is 1.75. The number of halogens is 1. The molecule has 1 aromatic carbocycles. The van der Waals surface area contributed by atoms with Gasteiger partial charge in [-0.25, -0.2) is 9.37 Å². The zero-order valence-electron chi connectivity index (χ0n) is 8.27. The maximum atomic E-state index is 13.5. The summed E-state index contributed by atoms with van der Waals surface area (Å²) in [5, 5.41) is 2.95. The summed E-state index contributed by atoms with van der Waals surface area (Å²) in [7, 11) is 0. The topological polar surface area (TPSA) is 46.9 Å². The summed E-state index contributed by atoms with van der Waals surface area (Å²) < 4.78 is 15.2. The molecule has 0 bridgehead atoms. The molecular weight excluding hydrogens is 209 g/mol. The number of carbonyl (C=O) groups is 1. The molecule has 80 valence electrons. The quantitative estimate of drug-likeness (QED) is 0.740. The van der Waals surface area contributed by atoms with Crippen molar-refractivity contribution in [2.75, 3.05) is 5.32 Å². The van der Waals surface area contributed by atoms with Crippen molar-refractivity contribution in [1.29, 1.82) is 0 Å². The molecule has 5 heteroatoms. The molecule has 0 saturated heterocycles. The molecule has 0 fully saturated rings. The Kier molecular flexibility index (Phi) is 1.80. The number of nitrogens with zero attached hydrogens (tertiary/aromatic N) is 2. The van der Waals surface area contributed by atoms with Crippen molar-refractivity contribution in [3.8, 4) is 5.69 Å². The third-order valence-corrected chi connectivity index (χ3v) is 2.69. The van der Waals surface area contributed by atoms with E-state index in [1.54, 1.807) is 16.7 Å². The Balaban J connectivity index is 2.28. The number of para-hydroxylation sites is 1. The summed E-state index contributed by atoms with van der Waals surface area (Å²) in [5.74, 6) is -0.301. The molecule has 1 N–H and O–H groups in total. The Morgan fingerprint density at radius 1 is 1.50 bits per heavy atom. The van der Waals surface area contributed by atoms with Crippen LogP contribution in [-0.4, -0.2) is 15.8 Å². The lowest BCUT2D eigenvalue weighted by Gasteiger charge is -2.21. The van der Waals surface area contributed by atoms with Crippen LogP contribution in [-0.2, 0) is 6.54 Å². The van der Waals surface area contributed by atoms with Crippen LogP contribution >= 0.6 is 0 Å². The van der Waals surface area contributed by atoms with Crippen molar-refractivity contribution < 1.29 is 9.18 Å².